The molecule has 4 nitrogen and oxygen atoms in total. The molecule has 0 saturated heterocycles. The molecule has 1 fully saturated rings. The minimum atomic E-state index is -3.57. The van der Waals surface area contributed by atoms with Crippen molar-refractivity contribution in [2.45, 2.75) is 45.3 Å². The van der Waals surface area contributed by atoms with Crippen LogP contribution in [0.15, 0.2) is 22.6 Å². The first kappa shape index (κ1) is 17.3. The molecule has 1 aromatic rings. The first-order valence-electron chi connectivity index (χ1n) is 7.34. The fourth-order valence-electron chi connectivity index (χ4n) is 1.70. The molecule has 0 radical (unpaired) electrons. The molecular formula is C16H22ClNO3S. The Kier molecular flexibility index (Phi) is 4.87. The standard InChI is InChI=1S/C16H22ClNO3S/c1-11(18-22(19,20)16(2,3)4)13-7-8-14(17)15(9-13)21-10-12-5-6-12/h7-9,12H,5-6,10H2,1-4H3. The lowest BCUT2D eigenvalue weighted by Gasteiger charge is -2.16. The fraction of sp³-hybridized carbons (Fsp3) is 0.562. The van der Waals surface area contributed by atoms with Crippen LogP contribution in [-0.4, -0.2) is 25.5 Å². The lowest BCUT2D eigenvalue weighted by Crippen LogP contribution is -2.26. The van der Waals surface area contributed by atoms with Crippen molar-refractivity contribution in [2.75, 3.05) is 6.61 Å². The van der Waals surface area contributed by atoms with Crippen molar-refractivity contribution < 1.29 is 13.2 Å². The molecule has 0 atom stereocenters. The SMILES string of the molecule is CC(=NS(=O)(=O)C(C)(C)C)c1ccc(Cl)c(OCC2CC2)c1. The first-order valence-corrected chi connectivity index (χ1v) is 9.16. The second kappa shape index (κ2) is 6.20. The second-order valence-corrected chi connectivity index (χ2v) is 9.43. The molecule has 122 valence electrons. The summed E-state index contributed by atoms with van der Waals surface area (Å²) in [6, 6.07) is 5.22. The zero-order valence-corrected chi connectivity index (χ0v) is 15.0. The number of hydrogen-bond donors (Lipinski definition) is 0. The highest BCUT2D eigenvalue weighted by Crippen LogP contribution is 2.32. The molecule has 0 amide bonds. The maximum absolute atomic E-state index is 12.2. The van der Waals surface area contributed by atoms with E-state index in [0.29, 0.717) is 34.6 Å². The van der Waals surface area contributed by atoms with Gasteiger partial charge in [-0.1, -0.05) is 17.7 Å². The van der Waals surface area contributed by atoms with E-state index in [1.54, 1.807) is 45.9 Å². The summed E-state index contributed by atoms with van der Waals surface area (Å²) in [6.07, 6.45) is 2.39. The third-order valence-corrected chi connectivity index (χ3v) is 5.93. The van der Waals surface area contributed by atoms with Crippen molar-refractivity contribution in [2.24, 2.45) is 10.3 Å². The molecule has 0 heterocycles. The number of hydrogen-bond acceptors (Lipinski definition) is 3. The van der Waals surface area contributed by atoms with Gasteiger partial charge in [0.25, 0.3) is 10.0 Å². The van der Waals surface area contributed by atoms with Gasteiger partial charge in [-0.2, -0.15) is 4.40 Å². The first-order chi connectivity index (χ1) is 10.1. The van der Waals surface area contributed by atoms with E-state index in [1.807, 2.05) is 0 Å². The van der Waals surface area contributed by atoms with E-state index in [4.69, 9.17) is 16.3 Å². The van der Waals surface area contributed by atoms with Crippen molar-refractivity contribution in [3.05, 3.63) is 28.8 Å². The molecule has 1 aliphatic rings. The highest BCUT2D eigenvalue weighted by Gasteiger charge is 2.28. The van der Waals surface area contributed by atoms with Gasteiger partial charge in [0.2, 0.25) is 0 Å². The van der Waals surface area contributed by atoms with Gasteiger partial charge >= 0.3 is 0 Å². The van der Waals surface area contributed by atoms with E-state index in [9.17, 15) is 8.42 Å². The van der Waals surface area contributed by atoms with Crippen LogP contribution in [0.5, 0.6) is 5.75 Å². The summed E-state index contributed by atoms with van der Waals surface area (Å²) in [5.74, 6) is 1.20. The van der Waals surface area contributed by atoms with Gasteiger partial charge in [0.1, 0.15) is 5.75 Å². The topological polar surface area (TPSA) is 55.7 Å². The van der Waals surface area contributed by atoms with Crippen LogP contribution in [0.2, 0.25) is 5.02 Å². The van der Waals surface area contributed by atoms with E-state index in [-0.39, 0.29) is 0 Å². The lowest BCUT2D eigenvalue weighted by molar-refractivity contribution is 0.300. The number of nitrogens with zero attached hydrogens (tertiary/aromatic N) is 1. The van der Waals surface area contributed by atoms with Gasteiger partial charge in [-0.05, 0) is 58.6 Å². The average Bonchev–Trinajstić information content (AvgIpc) is 3.19. The number of benzene rings is 1. The predicted molar refractivity (Wildman–Crippen MR) is 90.6 cm³/mol. The summed E-state index contributed by atoms with van der Waals surface area (Å²) >= 11 is 6.13. The highest BCUT2D eigenvalue weighted by molar-refractivity contribution is 7.91. The smallest absolute Gasteiger partial charge is 0.258 e. The van der Waals surface area contributed by atoms with Gasteiger partial charge in [0.05, 0.1) is 22.1 Å². The molecule has 6 heteroatoms. The minimum Gasteiger partial charge on any atom is -0.492 e. The summed E-state index contributed by atoms with van der Waals surface area (Å²) in [5, 5.41) is 0.524. The molecule has 0 N–H and O–H groups in total. The van der Waals surface area contributed by atoms with E-state index >= 15 is 0 Å². The Labute approximate surface area is 137 Å². The third kappa shape index (κ3) is 4.23. The van der Waals surface area contributed by atoms with Crippen molar-refractivity contribution in [3.8, 4) is 5.75 Å². The van der Waals surface area contributed by atoms with Crippen LogP contribution in [0.4, 0.5) is 0 Å². The second-order valence-electron chi connectivity index (χ2n) is 6.66. The molecule has 0 bridgehead atoms. The Hall–Kier alpha value is -1.07. The molecule has 1 aliphatic carbocycles. The Morgan fingerprint density at radius 1 is 1.36 bits per heavy atom. The van der Waals surface area contributed by atoms with Crippen molar-refractivity contribution >= 4 is 27.3 Å². The average molecular weight is 344 g/mol. The highest BCUT2D eigenvalue weighted by atomic mass is 35.5. The van der Waals surface area contributed by atoms with Gasteiger partial charge in [0.15, 0.2) is 0 Å². The predicted octanol–water partition coefficient (Wildman–Crippen LogP) is 4.07. The molecule has 1 aromatic carbocycles. The number of halogens is 1. The van der Waals surface area contributed by atoms with Crippen LogP contribution in [-0.2, 0) is 10.0 Å². The summed E-state index contributed by atoms with van der Waals surface area (Å²) in [4.78, 5) is 0. The monoisotopic (exact) mass is 343 g/mol. The van der Waals surface area contributed by atoms with E-state index in [1.165, 1.54) is 12.8 Å². The van der Waals surface area contributed by atoms with Crippen LogP contribution < -0.4 is 4.74 Å². The maximum atomic E-state index is 12.2. The summed E-state index contributed by atoms with van der Waals surface area (Å²) in [6.45, 7) is 7.22. The molecule has 1 saturated carbocycles. The lowest BCUT2D eigenvalue weighted by atomic mass is 10.1. The Balaban J connectivity index is 2.25. The Morgan fingerprint density at radius 2 is 2.00 bits per heavy atom. The third-order valence-electron chi connectivity index (χ3n) is 3.55. The van der Waals surface area contributed by atoms with Gasteiger partial charge < -0.3 is 4.74 Å². The van der Waals surface area contributed by atoms with Gasteiger partial charge in [-0.3, -0.25) is 0 Å². The van der Waals surface area contributed by atoms with Gasteiger partial charge in [-0.15, -0.1) is 0 Å². The molecule has 22 heavy (non-hydrogen) atoms. The van der Waals surface area contributed by atoms with Crippen molar-refractivity contribution in [1.82, 2.24) is 0 Å². The van der Waals surface area contributed by atoms with Gasteiger partial charge in [0, 0.05) is 5.56 Å². The fourth-order valence-corrected chi connectivity index (χ4v) is 2.61. The van der Waals surface area contributed by atoms with E-state index < -0.39 is 14.8 Å². The molecule has 0 aliphatic heterocycles. The van der Waals surface area contributed by atoms with Gasteiger partial charge in [-0.25, -0.2) is 8.42 Å². The Bertz CT molecular complexity index is 686. The quantitative estimate of drug-likeness (QED) is 0.757. The molecule has 2 rings (SSSR count). The van der Waals surface area contributed by atoms with Crippen LogP contribution in [0.1, 0.15) is 46.1 Å². The van der Waals surface area contributed by atoms with E-state index in [2.05, 4.69) is 4.40 Å². The molecular weight excluding hydrogens is 322 g/mol. The summed E-state index contributed by atoms with van der Waals surface area (Å²) in [5.41, 5.74) is 1.13. The normalized spacial score (nSPS) is 16.7. The molecule has 0 spiro atoms. The Morgan fingerprint density at radius 3 is 2.55 bits per heavy atom. The van der Waals surface area contributed by atoms with E-state index in [0.717, 1.165) is 0 Å². The number of rotatable bonds is 5. The minimum absolute atomic E-state index is 0.433. The van der Waals surface area contributed by atoms with Crippen LogP contribution >= 0.6 is 11.6 Å². The largest absolute Gasteiger partial charge is 0.492 e. The van der Waals surface area contributed by atoms with Crippen LogP contribution in [0.25, 0.3) is 0 Å². The molecule has 0 unspecified atom stereocenters. The zero-order chi connectivity index (χ0) is 16.5. The zero-order valence-electron chi connectivity index (χ0n) is 13.4. The maximum Gasteiger partial charge on any atom is 0.258 e. The van der Waals surface area contributed by atoms with Crippen LogP contribution in [0, 0.1) is 5.92 Å². The number of sulfonamides is 1. The van der Waals surface area contributed by atoms with Crippen molar-refractivity contribution in [3.63, 3.8) is 0 Å². The number of ether oxygens (including phenoxy) is 1. The molecule has 0 aromatic heterocycles. The van der Waals surface area contributed by atoms with Crippen molar-refractivity contribution in [1.29, 1.82) is 0 Å². The summed E-state index contributed by atoms with van der Waals surface area (Å²) < 4.78 is 33.0. The summed E-state index contributed by atoms with van der Waals surface area (Å²) in [7, 11) is -3.57. The van der Waals surface area contributed by atoms with Crippen LogP contribution in [0.3, 0.4) is 0 Å².